The molecule has 0 atom stereocenters. The summed E-state index contributed by atoms with van der Waals surface area (Å²) in [5, 5.41) is 32.3. The standard InChI is InChI=1S/C25H23N5O3S/c31-21-13-12-19(22(32)15-21)16-26-28-24(33)17-34-25-29-27-23(14-11-18-7-3-1-4-8-18)30(25)20-9-5-2-6-10-20/h1-10,12-13,15-16,31-32H,11,14,17H2,(H,28,33). The van der Waals surface area contributed by atoms with Crippen molar-refractivity contribution in [3.63, 3.8) is 0 Å². The van der Waals surface area contributed by atoms with Crippen molar-refractivity contribution in [3.8, 4) is 17.2 Å². The first-order valence-corrected chi connectivity index (χ1v) is 11.6. The Hall–Kier alpha value is -4.11. The number of benzene rings is 3. The quantitative estimate of drug-likeness (QED) is 0.194. The molecule has 3 aromatic carbocycles. The molecule has 4 aromatic rings. The molecule has 4 rings (SSSR count). The minimum atomic E-state index is -0.326. The van der Waals surface area contributed by atoms with Gasteiger partial charge in [0.1, 0.15) is 17.3 Å². The zero-order chi connectivity index (χ0) is 23.8. The summed E-state index contributed by atoms with van der Waals surface area (Å²) in [6.07, 6.45) is 2.85. The lowest BCUT2D eigenvalue weighted by atomic mass is 10.1. The molecule has 1 aromatic heterocycles. The summed E-state index contributed by atoms with van der Waals surface area (Å²) >= 11 is 1.26. The van der Waals surface area contributed by atoms with E-state index >= 15 is 0 Å². The monoisotopic (exact) mass is 473 g/mol. The topological polar surface area (TPSA) is 113 Å². The van der Waals surface area contributed by atoms with Crippen LogP contribution in [0.15, 0.2) is 89.1 Å². The number of rotatable bonds is 9. The van der Waals surface area contributed by atoms with E-state index in [0.29, 0.717) is 17.1 Å². The van der Waals surface area contributed by atoms with Gasteiger partial charge in [0.2, 0.25) is 0 Å². The zero-order valence-electron chi connectivity index (χ0n) is 18.2. The highest BCUT2D eigenvalue weighted by molar-refractivity contribution is 7.99. The lowest BCUT2D eigenvalue weighted by Gasteiger charge is -2.10. The predicted molar refractivity (Wildman–Crippen MR) is 131 cm³/mol. The third-order valence-electron chi connectivity index (χ3n) is 4.93. The molecule has 0 aliphatic heterocycles. The van der Waals surface area contributed by atoms with Crippen LogP contribution in [0.3, 0.4) is 0 Å². The normalized spacial score (nSPS) is 11.1. The second-order valence-corrected chi connectivity index (χ2v) is 8.32. The number of hydrogen-bond donors (Lipinski definition) is 3. The second kappa shape index (κ2) is 11.2. The summed E-state index contributed by atoms with van der Waals surface area (Å²) in [7, 11) is 0. The number of amides is 1. The van der Waals surface area contributed by atoms with Gasteiger partial charge in [0.05, 0.1) is 12.0 Å². The number of phenols is 2. The summed E-state index contributed by atoms with van der Waals surface area (Å²) < 4.78 is 1.97. The van der Waals surface area contributed by atoms with Crippen molar-refractivity contribution < 1.29 is 15.0 Å². The van der Waals surface area contributed by atoms with Crippen LogP contribution in [0.1, 0.15) is 17.0 Å². The fourth-order valence-electron chi connectivity index (χ4n) is 3.27. The van der Waals surface area contributed by atoms with Crippen LogP contribution in [-0.2, 0) is 17.6 Å². The predicted octanol–water partition coefficient (Wildman–Crippen LogP) is 3.71. The highest BCUT2D eigenvalue weighted by Crippen LogP contribution is 2.23. The van der Waals surface area contributed by atoms with Crippen molar-refractivity contribution in [1.29, 1.82) is 0 Å². The Morgan fingerprint density at radius 1 is 0.971 bits per heavy atom. The lowest BCUT2D eigenvalue weighted by Crippen LogP contribution is -2.20. The summed E-state index contributed by atoms with van der Waals surface area (Å²) in [4.78, 5) is 12.3. The number of aromatic hydroxyl groups is 2. The molecule has 0 radical (unpaired) electrons. The van der Waals surface area contributed by atoms with Gasteiger partial charge in [-0.2, -0.15) is 5.10 Å². The van der Waals surface area contributed by atoms with Crippen LogP contribution in [0, 0.1) is 0 Å². The number of para-hydroxylation sites is 1. The third kappa shape index (κ3) is 6.02. The molecule has 0 saturated carbocycles. The average molecular weight is 474 g/mol. The van der Waals surface area contributed by atoms with E-state index in [4.69, 9.17) is 0 Å². The number of hydrogen-bond acceptors (Lipinski definition) is 7. The maximum absolute atomic E-state index is 12.3. The lowest BCUT2D eigenvalue weighted by molar-refractivity contribution is -0.118. The Morgan fingerprint density at radius 3 is 2.44 bits per heavy atom. The number of carbonyl (C=O) groups excluding carboxylic acids is 1. The smallest absolute Gasteiger partial charge is 0.250 e. The zero-order valence-corrected chi connectivity index (χ0v) is 19.0. The molecule has 9 heteroatoms. The van der Waals surface area contributed by atoms with Gasteiger partial charge < -0.3 is 10.2 Å². The molecule has 3 N–H and O–H groups in total. The number of aromatic nitrogens is 3. The number of thioether (sulfide) groups is 1. The van der Waals surface area contributed by atoms with Crippen molar-refractivity contribution in [2.75, 3.05) is 5.75 Å². The van der Waals surface area contributed by atoms with Crippen molar-refractivity contribution in [3.05, 3.63) is 95.8 Å². The van der Waals surface area contributed by atoms with E-state index in [1.54, 1.807) is 0 Å². The third-order valence-corrected chi connectivity index (χ3v) is 5.86. The maximum Gasteiger partial charge on any atom is 0.250 e. The van der Waals surface area contributed by atoms with E-state index in [1.807, 2.05) is 53.1 Å². The number of nitrogens with zero attached hydrogens (tertiary/aromatic N) is 4. The van der Waals surface area contributed by atoms with Crippen LogP contribution in [0.2, 0.25) is 0 Å². The minimum Gasteiger partial charge on any atom is -0.508 e. The van der Waals surface area contributed by atoms with E-state index in [1.165, 1.54) is 41.7 Å². The van der Waals surface area contributed by atoms with Gasteiger partial charge in [-0.3, -0.25) is 9.36 Å². The molecule has 172 valence electrons. The van der Waals surface area contributed by atoms with Crippen molar-refractivity contribution in [1.82, 2.24) is 20.2 Å². The molecule has 0 aliphatic carbocycles. The molecule has 8 nitrogen and oxygen atoms in total. The van der Waals surface area contributed by atoms with E-state index in [2.05, 4.69) is 32.9 Å². The van der Waals surface area contributed by atoms with Crippen LogP contribution < -0.4 is 5.43 Å². The SMILES string of the molecule is O=C(CSc1nnc(CCc2ccccc2)n1-c1ccccc1)NN=Cc1ccc(O)cc1O. The Kier molecular flexibility index (Phi) is 7.56. The van der Waals surface area contributed by atoms with Crippen LogP contribution in [0.4, 0.5) is 0 Å². The van der Waals surface area contributed by atoms with E-state index in [-0.39, 0.29) is 23.2 Å². The Labute approximate surface area is 201 Å². The number of phenolic OH excluding ortho intramolecular Hbond substituents is 2. The fraction of sp³-hybridized carbons (Fsp3) is 0.120. The fourth-order valence-corrected chi connectivity index (χ4v) is 4.03. The van der Waals surface area contributed by atoms with Crippen molar-refractivity contribution >= 4 is 23.9 Å². The average Bonchev–Trinajstić information content (AvgIpc) is 3.27. The molecule has 34 heavy (non-hydrogen) atoms. The van der Waals surface area contributed by atoms with Gasteiger partial charge in [-0.1, -0.05) is 60.3 Å². The van der Waals surface area contributed by atoms with Crippen molar-refractivity contribution in [2.45, 2.75) is 18.0 Å². The van der Waals surface area contributed by atoms with Crippen LogP contribution in [0.5, 0.6) is 11.5 Å². The maximum atomic E-state index is 12.3. The molecule has 0 saturated heterocycles. The number of nitrogens with one attached hydrogen (secondary N) is 1. The largest absolute Gasteiger partial charge is 0.508 e. The molecular formula is C25H23N5O3S. The molecule has 0 spiro atoms. The number of carbonyl (C=O) groups is 1. The summed E-state index contributed by atoms with van der Waals surface area (Å²) in [6, 6.07) is 24.1. The first-order valence-electron chi connectivity index (χ1n) is 10.6. The number of aryl methyl sites for hydroxylation is 2. The summed E-state index contributed by atoms with van der Waals surface area (Å²) in [6.45, 7) is 0. The molecule has 0 bridgehead atoms. The Bertz CT molecular complexity index is 1280. The van der Waals surface area contributed by atoms with E-state index in [9.17, 15) is 15.0 Å². The van der Waals surface area contributed by atoms with Gasteiger partial charge >= 0.3 is 0 Å². The Balaban J connectivity index is 1.42. The first-order chi connectivity index (χ1) is 16.6. The minimum absolute atomic E-state index is 0.0549. The van der Waals surface area contributed by atoms with Crippen LogP contribution in [0.25, 0.3) is 5.69 Å². The molecule has 1 heterocycles. The van der Waals surface area contributed by atoms with Gasteiger partial charge in [0.15, 0.2) is 5.16 Å². The van der Waals surface area contributed by atoms with E-state index in [0.717, 1.165) is 17.9 Å². The van der Waals surface area contributed by atoms with Crippen LogP contribution in [-0.4, -0.2) is 42.9 Å². The molecule has 0 fully saturated rings. The van der Waals surface area contributed by atoms with Crippen LogP contribution >= 0.6 is 11.8 Å². The molecule has 0 unspecified atom stereocenters. The summed E-state index contributed by atoms with van der Waals surface area (Å²) in [5.74, 6) is 0.390. The van der Waals surface area contributed by atoms with Gasteiger partial charge in [-0.25, -0.2) is 5.43 Å². The van der Waals surface area contributed by atoms with Gasteiger partial charge in [0, 0.05) is 23.7 Å². The first kappa shape index (κ1) is 23.1. The van der Waals surface area contributed by atoms with Gasteiger partial charge in [-0.05, 0) is 36.2 Å². The molecular weight excluding hydrogens is 450 g/mol. The Morgan fingerprint density at radius 2 is 1.71 bits per heavy atom. The summed E-state index contributed by atoms with van der Waals surface area (Å²) in [5.41, 5.74) is 4.96. The van der Waals surface area contributed by atoms with Crippen molar-refractivity contribution in [2.24, 2.45) is 5.10 Å². The van der Waals surface area contributed by atoms with Gasteiger partial charge in [-0.15, -0.1) is 10.2 Å². The molecule has 1 amide bonds. The van der Waals surface area contributed by atoms with Gasteiger partial charge in [0.25, 0.3) is 5.91 Å². The highest BCUT2D eigenvalue weighted by atomic mass is 32.2. The second-order valence-electron chi connectivity index (χ2n) is 7.38. The number of hydrazone groups is 1. The van der Waals surface area contributed by atoms with E-state index < -0.39 is 0 Å². The highest BCUT2D eigenvalue weighted by Gasteiger charge is 2.16. The molecule has 0 aliphatic rings.